The number of furan rings is 1. The minimum Gasteiger partial charge on any atom is -0.455 e. The summed E-state index contributed by atoms with van der Waals surface area (Å²) >= 11 is 0. The second-order valence-electron chi connectivity index (χ2n) is 14.8. The second-order valence-corrected chi connectivity index (χ2v) is 14.8. The summed E-state index contributed by atoms with van der Waals surface area (Å²) in [6.07, 6.45) is 0. The van der Waals surface area contributed by atoms with Crippen molar-refractivity contribution in [3.05, 3.63) is 206 Å². The van der Waals surface area contributed by atoms with Crippen LogP contribution in [0.4, 0.5) is 17.1 Å². The lowest BCUT2D eigenvalue weighted by Gasteiger charge is -2.28. The lowest BCUT2D eigenvalue weighted by atomic mass is 9.95. The van der Waals surface area contributed by atoms with E-state index < -0.39 is 0 Å². The molecule has 0 fully saturated rings. The normalized spacial score (nSPS) is 11.9. The highest BCUT2D eigenvalue weighted by Gasteiger charge is 2.26. The van der Waals surface area contributed by atoms with Gasteiger partial charge in [0.25, 0.3) is 0 Å². The van der Waals surface area contributed by atoms with Crippen LogP contribution in [0.2, 0.25) is 0 Å². The van der Waals surface area contributed by atoms with Crippen LogP contribution in [0.15, 0.2) is 211 Å². The van der Waals surface area contributed by atoms with E-state index in [0.717, 1.165) is 61.3 Å². The number of aromatic nitrogens is 1. The molecule has 0 radical (unpaired) electrons. The zero-order chi connectivity index (χ0) is 37.5. The number of benzene rings is 10. The van der Waals surface area contributed by atoms with E-state index in [0.29, 0.717) is 0 Å². The van der Waals surface area contributed by atoms with E-state index in [1.165, 1.54) is 48.6 Å². The van der Waals surface area contributed by atoms with Gasteiger partial charge in [-0.05, 0) is 98.5 Å². The van der Waals surface area contributed by atoms with Crippen LogP contribution in [0.5, 0.6) is 0 Å². The summed E-state index contributed by atoms with van der Waals surface area (Å²) in [7, 11) is 0. The molecule has 0 aliphatic carbocycles. The molecule has 2 heterocycles. The van der Waals surface area contributed by atoms with E-state index in [1.54, 1.807) is 0 Å². The van der Waals surface area contributed by atoms with Crippen molar-refractivity contribution < 1.29 is 4.42 Å². The molecule has 0 saturated heterocycles. The van der Waals surface area contributed by atoms with Crippen LogP contribution in [0, 0.1) is 0 Å². The van der Waals surface area contributed by atoms with Gasteiger partial charge in [-0.2, -0.15) is 0 Å². The molecule has 0 unspecified atom stereocenters. The summed E-state index contributed by atoms with van der Waals surface area (Å²) in [4.78, 5) is 2.47. The minimum absolute atomic E-state index is 0.866. The molecule has 0 bridgehead atoms. The Bertz CT molecular complexity index is 3530. The summed E-state index contributed by atoms with van der Waals surface area (Å²) in [6, 6.07) is 74.5. The highest BCUT2D eigenvalue weighted by atomic mass is 16.3. The van der Waals surface area contributed by atoms with Gasteiger partial charge in [0.05, 0.1) is 27.8 Å². The van der Waals surface area contributed by atoms with Crippen LogP contribution in [-0.4, -0.2) is 4.57 Å². The third kappa shape index (κ3) is 4.79. The zero-order valence-electron chi connectivity index (χ0n) is 30.9. The Hall–Kier alpha value is -7.62. The van der Waals surface area contributed by atoms with Gasteiger partial charge in [0.1, 0.15) is 11.2 Å². The topological polar surface area (TPSA) is 21.3 Å². The monoisotopic (exact) mass is 726 g/mol. The van der Waals surface area contributed by atoms with Crippen molar-refractivity contribution in [2.24, 2.45) is 0 Å². The van der Waals surface area contributed by atoms with Gasteiger partial charge in [0, 0.05) is 33.1 Å². The Labute approximate surface area is 328 Å². The largest absolute Gasteiger partial charge is 0.455 e. The molecule has 12 rings (SSSR count). The smallest absolute Gasteiger partial charge is 0.145 e. The van der Waals surface area contributed by atoms with Crippen LogP contribution >= 0.6 is 0 Å². The van der Waals surface area contributed by atoms with E-state index in [1.807, 2.05) is 0 Å². The first-order valence-electron chi connectivity index (χ1n) is 19.5. The summed E-state index contributed by atoms with van der Waals surface area (Å²) < 4.78 is 9.35. The van der Waals surface area contributed by atoms with Gasteiger partial charge in [-0.3, -0.25) is 0 Å². The number of nitrogens with zero attached hydrogens (tertiary/aromatic N) is 2. The van der Waals surface area contributed by atoms with Gasteiger partial charge < -0.3 is 13.9 Å². The lowest BCUT2D eigenvalue weighted by molar-refractivity contribution is 0.670. The highest BCUT2D eigenvalue weighted by Crippen LogP contribution is 2.50. The molecule has 0 N–H and O–H groups in total. The van der Waals surface area contributed by atoms with E-state index in [-0.39, 0.29) is 0 Å². The lowest BCUT2D eigenvalue weighted by Crippen LogP contribution is -2.11. The van der Waals surface area contributed by atoms with E-state index >= 15 is 0 Å². The first-order chi connectivity index (χ1) is 28.3. The Morgan fingerprint density at radius 3 is 1.88 bits per heavy atom. The Morgan fingerprint density at radius 1 is 0.368 bits per heavy atom. The molecule has 3 nitrogen and oxygen atoms in total. The second kappa shape index (κ2) is 12.5. The summed E-state index contributed by atoms with van der Waals surface area (Å²) in [6.45, 7) is 0. The predicted octanol–water partition coefficient (Wildman–Crippen LogP) is 15.3. The Kier molecular flexibility index (Phi) is 6.93. The molecule has 0 spiro atoms. The molecule has 0 amide bonds. The number of rotatable bonds is 5. The van der Waals surface area contributed by atoms with Gasteiger partial charge in [0.15, 0.2) is 0 Å². The van der Waals surface area contributed by atoms with Crippen LogP contribution < -0.4 is 4.90 Å². The molecule has 0 atom stereocenters. The Balaban J connectivity index is 1.21. The number of hydrogen-bond acceptors (Lipinski definition) is 2. The summed E-state index contributed by atoms with van der Waals surface area (Å²) in [5.41, 5.74) is 10.7. The molecule has 266 valence electrons. The van der Waals surface area contributed by atoms with Crippen molar-refractivity contribution in [1.29, 1.82) is 0 Å². The first kappa shape index (κ1) is 31.7. The predicted molar refractivity (Wildman–Crippen MR) is 241 cm³/mol. The molecule has 57 heavy (non-hydrogen) atoms. The average Bonchev–Trinajstić information content (AvgIpc) is 3.84. The Morgan fingerprint density at radius 2 is 1.00 bits per heavy atom. The highest BCUT2D eigenvalue weighted by molar-refractivity contribution is 6.22. The maximum absolute atomic E-state index is 6.96. The molecule has 0 aliphatic rings. The fraction of sp³-hybridized carbons (Fsp3) is 0. The standard InChI is InChI=1S/C54H34N2O/c1-2-17-38(18-3-1)55-47-24-10-8-21-45(47)52-48(55)25-13-26-49(52)56(39-30-31-42-37(34-39)29-28-36-15-5-6-19-40(36)42)50-33-32-44(43-23-12-16-35-14-4-7-20-41(35)43)54-53(50)46-22-9-11-27-51(46)57-54/h1-34H. The van der Waals surface area contributed by atoms with Crippen molar-refractivity contribution >= 4 is 93.1 Å². The number of para-hydroxylation sites is 3. The maximum atomic E-state index is 6.96. The molecular formula is C54H34N2O. The fourth-order valence-electron chi connectivity index (χ4n) is 9.26. The van der Waals surface area contributed by atoms with Gasteiger partial charge in [-0.15, -0.1) is 0 Å². The number of fused-ring (bicyclic) bond motifs is 10. The fourth-order valence-corrected chi connectivity index (χ4v) is 9.26. The molecule has 0 aliphatic heterocycles. The summed E-state index contributed by atoms with van der Waals surface area (Å²) in [5, 5.41) is 11.9. The molecule has 2 aromatic heterocycles. The van der Waals surface area contributed by atoms with Crippen molar-refractivity contribution in [2.75, 3.05) is 4.90 Å². The van der Waals surface area contributed by atoms with Gasteiger partial charge >= 0.3 is 0 Å². The summed E-state index contributed by atoms with van der Waals surface area (Å²) in [5.74, 6) is 0. The van der Waals surface area contributed by atoms with E-state index in [9.17, 15) is 0 Å². The van der Waals surface area contributed by atoms with Crippen molar-refractivity contribution in [1.82, 2.24) is 4.57 Å². The first-order valence-corrected chi connectivity index (χ1v) is 19.5. The van der Waals surface area contributed by atoms with Crippen molar-refractivity contribution in [3.63, 3.8) is 0 Å². The molecule has 10 aromatic carbocycles. The van der Waals surface area contributed by atoms with Crippen LogP contribution in [0.1, 0.15) is 0 Å². The SMILES string of the molecule is c1ccc(-n2c3ccccc3c3c(N(c4ccc5c(ccc6ccccc65)c4)c4ccc(-c5cccc6ccccc56)c5oc6ccccc6c45)cccc32)cc1. The maximum Gasteiger partial charge on any atom is 0.145 e. The third-order valence-corrected chi connectivity index (χ3v) is 11.7. The molecule has 12 aromatic rings. The van der Waals surface area contributed by atoms with Crippen LogP contribution in [0.25, 0.3) is 92.9 Å². The molecule has 0 saturated carbocycles. The van der Waals surface area contributed by atoms with Crippen LogP contribution in [0.3, 0.4) is 0 Å². The third-order valence-electron chi connectivity index (χ3n) is 11.7. The van der Waals surface area contributed by atoms with Gasteiger partial charge in [0.2, 0.25) is 0 Å². The van der Waals surface area contributed by atoms with Gasteiger partial charge in [-0.1, -0.05) is 146 Å². The number of hydrogen-bond donors (Lipinski definition) is 0. The van der Waals surface area contributed by atoms with Crippen LogP contribution in [-0.2, 0) is 0 Å². The number of anilines is 3. The van der Waals surface area contributed by atoms with Crippen molar-refractivity contribution in [3.8, 4) is 16.8 Å². The quantitative estimate of drug-likeness (QED) is 0.165. The van der Waals surface area contributed by atoms with E-state index in [4.69, 9.17) is 4.42 Å². The average molecular weight is 727 g/mol. The molecular weight excluding hydrogens is 693 g/mol. The van der Waals surface area contributed by atoms with E-state index in [2.05, 4.69) is 216 Å². The van der Waals surface area contributed by atoms with Crippen molar-refractivity contribution in [2.45, 2.75) is 0 Å². The zero-order valence-corrected chi connectivity index (χ0v) is 30.9. The minimum atomic E-state index is 0.866. The molecule has 3 heteroatoms. The van der Waals surface area contributed by atoms with Gasteiger partial charge in [-0.25, -0.2) is 0 Å².